The highest BCUT2D eigenvalue weighted by Crippen LogP contribution is 2.49. The SMILES string of the molecule is COc1cc2cc(c1Cl)N(C)C(=O)CC(OC(=O)CC(C)(C)O)[C@]1(C)O[C@H]1[C@H](C)[C@@H]1C[C@@](O)(NC(=O)O1)[C@H](OC)/C=C\C=C(\C)C2. The summed E-state index contributed by atoms with van der Waals surface area (Å²) in [4.78, 5) is 40.9. The smallest absolute Gasteiger partial charge is 0.409 e. The number of anilines is 1. The van der Waals surface area contributed by atoms with Gasteiger partial charge in [0.25, 0.3) is 0 Å². The first-order valence-corrected chi connectivity index (χ1v) is 15.6. The summed E-state index contributed by atoms with van der Waals surface area (Å²) in [5.41, 5.74) is -2.14. The van der Waals surface area contributed by atoms with Crippen molar-refractivity contribution >= 4 is 35.3 Å². The lowest BCUT2D eigenvalue weighted by Crippen LogP contribution is -2.63. The first-order chi connectivity index (χ1) is 21.4. The third-order valence-electron chi connectivity index (χ3n) is 8.80. The van der Waals surface area contributed by atoms with Gasteiger partial charge in [-0.2, -0.15) is 0 Å². The highest BCUT2D eigenvalue weighted by molar-refractivity contribution is 6.35. The molecule has 3 N–H and O–H groups in total. The summed E-state index contributed by atoms with van der Waals surface area (Å²) >= 11 is 6.69. The van der Waals surface area contributed by atoms with Crippen molar-refractivity contribution in [3.8, 4) is 5.75 Å². The molecule has 3 heterocycles. The Labute approximate surface area is 274 Å². The van der Waals surface area contributed by atoms with Crippen LogP contribution in [-0.4, -0.2) is 90.8 Å². The number of methoxy groups -OCH3 is 2. The van der Waals surface area contributed by atoms with E-state index in [9.17, 15) is 24.6 Å². The van der Waals surface area contributed by atoms with Crippen LogP contribution in [0.4, 0.5) is 10.5 Å². The second-order valence-electron chi connectivity index (χ2n) is 13.3. The Morgan fingerprint density at radius 1 is 1.26 bits per heavy atom. The zero-order chi connectivity index (χ0) is 34.2. The number of rotatable bonds is 5. The van der Waals surface area contributed by atoms with E-state index in [0.717, 1.165) is 11.1 Å². The molecule has 1 aromatic carbocycles. The molecule has 3 aliphatic heterocycles. The molecule has 12 nitrogen and oxygen atoms in total. The van der Waals surface area contributed by atoms with Crippen LogP contribution in [0.3, 0.4) is 0 Å². The molecule has 2 fully saturated rings. The Hall–Kier alpha value is -3.16. The second-order valence-corrected chi connectivity index (χ2v) is 13.6. The number of hydrogen-bond donors (Lipinski definition) is 3. The van der Waals surface area contributed by atoms with Crippen molar-refractivity contribution in [2.75, 3.05) is 26.2 Å². The molecular formula is C33H45ClN2O10. The molecule has 4 bridgehead atoms. The maximum atomic E-state index is 13.9. The van der Waals surface area contributed by atoms with Gasteiger partial charge in [0, 0.05) is 26.5 Å². The Morgan fingerprint density at radius 2 is 1.96 bits per heavy atom. The van der Waals surface area contributed by atoms with Gasteiger partial charge >= 0.3 is 12.1 Å². The predicted octanol–water partition coefficient (Wildman–Crippen LogP) is 3.83. The van der Waals surface area contributed by atoms with Gasteiger partial charge in [-0.25, -0.2) is 4.79 Å². The summed E-state index contributed by atoms with van der Waals surface area (Å²) in [6.45, 7) is 8.40. The number of esters is 1. The summed E-state index contributed by atoms with van der Waals surface area (Å²) in [5, 5.41) is 24.6. The van der Waals surface area contributed by atoms with E-state index in [4.69, 9.17) is 35.3 Å². The van der Waals surface area contributed by atoms with Crippen molar-refractivity contribution in [3.63, 3.8) is 0 Å². The number of alkyl carbamates (subject to hydrolysis) is 1. The van der Waals surface area contributed by atoms with Gasteiger partial charge in [-0.15, -0.1) is 0 Å². The van der Waals surface area contributed by atoms with Crippen LogP contribution in [-0.2, 0) is 35.0 Å². The fourth-order valence-corrected chi connectivity index (χ4v) is 6.47. The molecule has 2 amide bonds. The molecule has 0 radical (unpaired) electrons. The van der Waals surface area contributed by atoms with E-state index in [1.165, 1.54) is 33.0 Å². The standard InChI is InChI=1S/C33H45ClN2O10/c1-18-10-9-11-24(43-8)33(41)16-23(44-30(39)35-33)19(2)29-32(5,46-29)25(45-27(38)17-31(3,4)40)15-26(37)36(6)21-13-20(12-18)14-22(42-7)28(21)34/h9-11,13-14,19,23-25,29,40-41H,12,15-17H2,1-8H3,(H,35,39)/b11-9-,18-10-/t19-,23+,24-,25?,29+,32+,33+/m1/s1. The third kappa shape index (κ3) is 7.86. The fraction of sp³-hybridized carbons (Fsp3) is 0.606. The number of amides is 2. The Kier molecular flexibility index (Phi) is 10.5. The number of nitrogens with zero attached hydrogens (tertiary/aromatic N) is 1. The molecule has 1 aromatic rings. The van der Waals surface area contributed by atoms with E-state index in [-0.39, 0.29) is 24.3 Å². The molecule has 3 aliphatic rings. The van der Waals surface area contributed by atoms with Crippen molar-refractivity contribution in [1.29, 1.82) is 0 Å². The molecule has 254 valence electrons. The average Bonchev–Trinajstić information content (AvgIpc) is 3.65. The van der Waals surface area contributed by atoms with E-state index in [0.29, 0.717) is 17.9 Å². The fourth-order valence-electron chi connectivity index (χ4n) is 6.16. The van der Waals surface area contributed by atoms with E-state index < -0.39 is 65.2 Å². The van der Waals surface area contributed by atoms with Crippen LogP contribution in [0.15, 0.2) is 35.9 Å². The number of carbonyl (C=O) groups is 3. The van der Waals surface area contributed by atoms with Crippen LogP contribution in [0.1, 0.15) is 59.4 Å². The number of fused-ring (bicyclic) bond motifs is 5. The van der Waals surface area contributed by atoms with Gasteiger partial charge < -0.3 is 38.8 Å². The molecule has 13 heteroatoms. The number of carbonyl (C=O) groups excluding carboxylic acids is 3. The molecule has 0 aromatic heterocycles. The molecule has 46 heavy (non-hydrogen) atoms. The van der Waals surface area contributed by atoms with Crippen LogP contribution in [0.5, 0.6) is 5.75 Å². The largest absolute Gasteiger partial charge is 0.495 e. The molecule has 1 unspecified atom stereocenters. The zero-order valence-corrected chi connectivity index (χ0v) is 28.3. The predicted molar refractivity (Wildman–Crippen MR) is 170 cm³/mol. The highest BCUT2D eigenvalue weighted by atomic mass is 35.5. The number of benzene rings is 1. The zero-order valence-electron chi connectivity index (χ0n) is 27.6. The van der Waals surface area contributed by atoms with Crippen LogP contribution in [0.2, 0.25) is 5.02 Å². The van der Waals surface area contributed by atoms with E-state index >= 15 is 0 Å². The van der Waals surface area contributed by atoms with E-state index in [1.807, 2.05) is 13.0 Å². The van der Waals surface area contributed by atoms with Gasteiger partial charge in [-0.1, -0.05) is 42.3 Å². The van der Waals surface area contributed by atoms with E-state index in [2.05, 4.69) is 5.32 Å². The lowest BCUT2D eigenvalue weighted by atomic mass is 9.83. The number of ether oxygens (including phenoxy) is 5. The van der Waals surface area contributed by atoms with Crippen molar-refractivity contribution in [2.45, 2.75) is 102 Å². The highest BCUT2D eigenvalue weighted by Gasteiger charge is 2.64. The summed E-state index contributed by atoms with van der Waals surface area (Å²) in [6, 6.07) is 3.59. The second kappa shape index (κ2) is 13.5. The van der Waals surface area contributed by atoms with Crippen molar-refractivity contribution in [3.05, 3.63) is 46.5 Å². The number of allylic oxidation sites excluding steroid dienone is 3. The van der Waals surface area contributed by atoms with Gasteiger partial charge in [0.1, 0.15) is 34.7 Å². The number of epoxide rings is 1. The number of hydrogen-bond acceptors (Lipinski definition) is 10. The van der Waals surface area contributed by atoms with Gasteiger partial charge in [0.15, 0.2) is 5.72 Å². The third-order valence-corrected chi connectivity index (χ3v) is 9.18. The van der Waals surface area contributed by atoms with Crippen molar-refractivity contribution in [2.24, 2.45) is 5.92 Å². The minimum absolute atomic E-state index is 0.0314. The summed E-state index contributed by atoms with van der Waals surface area (Å²) in [5.74, 6) is -1.24. The lowest BCUT2D eigenvalue weighted by molar-refractivity contribution is -0.158. The lowest BCUT2D eigenvalue weighted by Gasteiger charge is -2.42. The molecule has 0 aliphatic carbocycles. The normalized spacial score (nSPS) is 33.9. The molecule has 0 saturated carbocycles. The minimum Gasteiger partial charge on any atom is -0.495 e. The van der Waals surface area contributed by atoms with Crippen LogP contribution < -0.4 is 15.0 Å². The maximum Gasteiger partial charge on any atom is 0.409 e. The van der Waals surface area contributed by atoms with Crippen LogP contribution in [0.25, 0.3) is 0 Å². The van der Waals surface area contributed by atoms with E-state index in [1.54, 1.807) is 45.2 Å². The molecule has 2 saturated heterocycles. The first kappa shape index (κ1) is 35.7. The number of halogens is 1. The Bertz CT molecular complexity index is 1410. The minimum atomic E-state index is -1.80. The van der Waals surface area contributed by atoms with Crippen LogP contribution in [0, 0.1) is 5.92 Å². The first-order valence-electron chi connectivity index (χ1n) is 15.2. The number of nitrogens with one attached hydrogen (secondary N) is 1. The van der Waals surface area contributed by atoms with Crippen molar-refractivity contribution in [1.82, 2.24) is 5.32 Å². The molecule has 0 spiro atoms. The van der Waals surface area contributed by atoms with Gasteiger partial charge in [0.2, 0.25) is 5.91 Å². The topological polar surface area (TPSA) is 156 Å². The van der Waals surface area contributed by atoms with Crippen LogP contribution >= 0.6 is 11.6 Å². The maximum absolute atomic E-state index is 13.9. The van der Waals surface area contributed by atoms with Gasteiger partial charge in [0.05, 0.1) is 37.3 Å². The summed E-state index contributed by atoms with van der Waals surface area (Å²) < 4.78 is 28.7. The van der Waals surface area contributed by atoms with Gasteiger partial charge in [-0.3, -0.25) is 14.9 Å². The Morgan fingerprint density at radius 3 is 2.59 bits per heavy atom. The number of aliphatic hydroxyl groups is 2. The molecule has 4 rings (SSSR count). The monoisotopic (exact) mass is 664 g/mol. The quantitative estimate of drug-likeness (QED) is 0.312. The molecule has 7 atom stereocenters. The Balaban J connectivity index is 1.79. The average molecular weight is 665 g/mol. The summed E-state index contributed by atoms with van der Waals surface area (Å²) in [7, 11) is 4.50. The van der Waals surface area contributed by atoms with Crippen molar-refractivity contribution < 1.29 is 48.3 Å². The van der Waals surface area contributed by atoms with Gasteiger partial charge in [-0.05, 0) is 51.8 Å². The summed E-state index contributed by atoms with van der Waals surface area (Å²) in [6.07, 6.45) is 0.857. The molecular weight excluding hydrogens is 620 g/mol.